The van der Waals surface area contributed by atoms with Crippen LogP contribution >= 0.6 is 0 Å². The van der Waals surface area contributed by atoms with Gasteiger partial charge in [-0.25, -0.2) is 0 Å². The molecular weight excluding hydrogens is 256 g/mol. The van der Waals surface area contributed by atoms with Crippen LogP contribution in [-0.4, -0.2) is 27.2 Å². The van der Waals surface area contributed by atoms with Gasteiger partial charge >= 0.3 is 0 Å². The van der Waals surface area contributed by atoms with E-state index in [1.807, 2.05) is 0 Å². The number of aliphatic hydroxyl groups excluding tert-OH is 1. The fourth-order valence-corrected chi connectivity index (χ4v) is 2.14. The maximum absolute atomic E-state index is 12.3. The molecule has 3 N–H and O–H groups in total. The Morgan fingerprint density at radius 2 is 1.50 bits per heavy atom. The third-order valence-electron chi connectivity index (χ3n) is 3.21. The van der Waals surface area contributed by atoms with E-state index in [1.54, 1.807) is 30.3 Å². The number of Topliss-reactive ketones (excluding diaryl/α,β-unsaturated/α-hetero) is 1. The molecule has 0 saturated heterocycles. The summed E-state index contributed by atoms with van der Waals surface area (Å²) in [7, 11) is 0. The van der Waals surface area contributed by atoms with E-state index in [4.69, 9.17) is 0 Å². The summed E-state index contributed by atoms with van der Waals surface area (Å²) in [5.41, 5.74) is -1.27. The first-order chi connectivity index (χ1) is 9.46. The van der Waals surface area contributed by atoms with Crippen molar-refractivity contribution in [3.63, 3.8) is 0 Å². The average molecular weight is 272 g/mol. The van der Waals surface area contributed by atoms with Gasteiger partial charge in [-0.1, -0.05) is 42.5 Å². The molecule has 2 unspecified atom stereocenters. The zero-order chi connectivity index (χ0) is 14.8. The molecule has 0 fully saturated rings. The Bertz CT molecular complexity index is 590. The summed E-state index contributed by atoms with van der Waals surface area (Å²) in [6, 6.07) is 14.1. The predicted molar refractivity (Wildman–Crippen MR) is 74.2 cm³/mol. The number of benzene rings is 2. The molecule has 2 aromatic rings. The Morgan fingerprint density at radius 1 is 1.00 bits per heavy atom. The number of carbonyl (C=O) groups excluding carboxylic acids is 1. The number of hydrogen-bond acceptors (Lipinski definition) is 4. The maximum Gasteiger partial charge on any atom is 0.201 e. The minimum absolute atomic E-state index is 0.0358. The Kier molecular flexibility index (Phi) is 3.88. The number of ketones is 1. The molecule has 0 aliphatic rings. The number of phenolic OH excluding ortho intramolecular Hbond substituents is 1. The van der Waals surface area contributed by atoms with Crippen molar-refractivity contribution in [3.8, 4) is 5.75 Å². The van der Waals surface area contributed by atoms with Crippen LogP contribution < -0.4 is 0 Å². The molecule has 0 aromatic heterocycles. The van der Waals surface area contributed by atoms with Crippen molar-refractivity contribution in [2.45, 2.75) is 18.6 Å². The van der Waals surface area contributed by atoms with Crippen molar-refractivity contribution >= 4 is 5.78 Å². The summed E-state index contributed by atoms with van der Waals surface area (Å²) in [4.78, 5) is 12.3. The summed E-state index contributed by atoms with van der Waals surface area (Å²) < 4.78 is 0. The van der Waals surface area contributed by atoms with E-state index in [0.29, 0.717) is 11.1 Å². The Labute approximate surface area is 116 Å². The van der Waals surface area contributed by atoms with Gasteiger partial charge in [0, 0.05) is 0 Å². The van der Waals surface area contributed by atoms with E-state index < -0.39 is 17.5 Å². The monoisotopic (exact) mass is 272 g/mol. The highest BCUT2D eigenvalue weighted by molar-refractivity contribution is 5.94. The highest BCUT2D eigenvalue weighted by Crippen LogP contribution is 2.32. The number of hydrogen-bond donors (Lipinski definition) is 3. The standard InChI is InChI=1S/C16H16O4/c1-11(17)15(19)16(20,12-5-3-2-4-6-12)13-7-9-14(18)10-8-13/h2-11,17-18,20H,1H3. The molecule has 0 heterocycles. The molecule has 20 heavy (non-hydrogen) atoms. The molecule has 0 bridgehead atoms. The van der Waals surface area contributed by atoms with Crippen LogP contribution in [0, 0.1) is 0 Å². The Hall–Kier alpha value is -2.17. The second-order valence-electron chi connectivity index (χ2n) is 4.66. The molecule has 2 rings (SSSR count). The zero-order valence-electron chi connectivity index (χ0n) is 11.0. The van der Waals surface area contributed by atoms with Crippen molar-refractivity contribution in [2.75, 3.05) is 0 Å². The molecule has 4 nitrogen and oxygen atoms in total. The number of aliphatic hydroxyl groups is 2. The van der Waals surface area contributed by atoms with Crippen LogP contribution in [0.2, 0.25) is 0 Å². The van der Waals surface area contributed by atoms with E-state index >= 15 is 0 Å². The zero-order valence-corrected chi connectivity index (χ0v) is 11.0. The van der Waals surface area contributed by atoms with Crippen molar-refractivity contribution < 1.29 is 20.1 Å². The Balaban J connectivity index is 2.61. The van der Waals surface area contributed by atoms with Gasteiger partial charge in [0.25, 0.3) is 0 Å². The first-order valence-corrected chi connectivity index (χ1v) is 6.26. The van der Waals surface area contributed by atoms with E-state index in [-0.39, 0.29) is 5.75 Å². The lowest BCUT2D eigenvalue weighted by molar-refractivity contribution is -0.142. The fraction of sp³-hybridized carbons (Fsp3) is 0.188. The molecule has 2 aromatic carbocycles. The third kappa shape index (κ3) is 2.43. The summed E-state index contributed by atoms with van der Waals surface area (Å²) in [5, 5.41) is 29.8. The minimum atomic E-state index is -1.94. The quantitative estimate of drug-likeness (QED) is 0.789. The topological polar surface area (TPSA) is 77.8 Å². The van der Waals surface area contributed by atoms with Crippen LogP contribution in [-0.2, 0) is 10.4 Å². The van der Waals surface area contributed by atoms with Crippen molar-refractivity contribution in [3.05, 3.63) is 65.7 Å². The van der Waals surface area contributed by atoms with Gasteiger partial charge in [-0.15, -0.1) is 0 Å². The summed E-state index contributed by atoms with van der Waals surface area (Å²) in [5.74, 6) is -0.678. The number of phenols is 1. The van der Waals surface area contributed by atoms with Gasteiger partial charge in [0.15, 0.2) is 5.60 Å². The van der Waals surface area contributed by atoms with Gasteiger partial charge in [-0.2, -0.15) is 0 Å². The minimum Gasteiger partial charge on any atom is -0.508 e. The lowest BCUT2D eigenvalue weighted by Gasteiger charge is -2.29. The van der Waals surface area contributed by atoms with Gasteiger partial charge in [0.1, 0.15) is 11.9 Å². The van der Waals surface area contributed by atoms with E-state index in [2.05, 4.69) is 0 Å². The van der Waals surface area contributed by atoms with Gasteiger partial charge in [-0.05, 0) is 30.2 Å². The SMILES string of the molecule is CC(O)C(=O)C(O)(c1ccccc1)c1ccc(O)cc1. The molecule has 2 atom stereocenters. The lowest BCUT2D eigenvalue weighted by atomic mass is 9.81. The largest absolute Gasteiger partial charge is 0.508 e. The fourth-order valence-electron chi connectivity index (χ4n) is 2.14. The number of rotatable bonds is 4. The lowest BCUT2D eigenvalue weighted by Crippen LogP contribution is -2.42. The molecule has 0 radical (unpaired) electrons. The Morgan fingerprint density at radius 3 is 2.00 bits per heavy atom. The van der Waals surface area contributed by atoms with Crippen molar-refractivity contribution in [2.24, 2.45) is 0 Å². The number of carbonyl (C=O) groups is 1. The van der Waals surface area contributed by atoms with Crippen LogP contribution in [0.5, 0.6) is 5.75 Å². The highest BCUT2D eigenvalue weighted by atomic mass is 16.3. The van der Waals surface area contributed by atoms with Crippen molar-refractivity contribution in [1.29, 1.82) is 0 Å². The normalized spacial score (nSPS) is 15.3. The van der Waals surface area contributed by atoms with Gasteiger partial charge in [0.05, 0.1) is 0 Å². The maximum atomic E-state index is 12.3. The van der Waals surface area contributed by atoms with Gasteiger partial charge in [-0.3, -0.25) is 4.79 Å². The highest BCUT2D eigenvalue weighted by Gasteiger charge is 2.41. The van der Waals surface area contributed by atoms with Gasteiger partial charge < -0.3 is 15.3 Å². The van der Waals surface area contributed by atoms with Gasteiger partial charge in [0.2, 0.25) is 5.78 Å². The average Bonchev–Trinajstić information content (AvgIpc) is 2.47. The van der Waals surface area contributed by atoms with Crippen LogP contribution in [0.3, 0.4) is 0 Å². The van der Waals surface area contributed by atoms with Crippen molar-refractivity contribution in [1.82, 2.24) is 0 Å². The summed E-state index contributed by atoms with van der Waals surface area (Å²) in [6.07, 6.45) is -1.31. The summed E-state index contributed by atoms with van der Waals surface area (Å²) in [6.45, 7) is 1.32. The molecule has 0 amide bonds. The smallest absolute Gasteiger partial charge is 0.201 e. The molecular formula is C16H16O4. The van der Waals surface area contributed by atoms with Crippen LogP contribution in [0.4, 0.5) is 0 Å². The summed E-state index contributed by atoms with van der Waals surface area (Å²) >= 11 is 0. The van der Waals surface area contributed by atoms with E-state index in [9.17, 15) is 20.1 Å². The molecule has 4 heteroatoms. The van der Waals surface area contributed by atoms with E-state index in [0.717, 1.165) is 0 Å². The molecule has 0 saturated carbocycles. The molecule has 0 aliphatic heterocycles. The van der Waals surface area contributed by atoms with Crippen LogP contribution in [0.25, 0.3) is 0 Å². The second kappa shape index (κ2) is 5.45. The van der Waals surface area contributed by atoms with Crippen LogP contribution in [0.15, 0.2) is 54.6 Å². The van der Waals surface area contributed by atoms with Crippen LogP contribution in [0.1, 0.15) is 18.1 Å². The first-order valence-electron chi connectivity index (χ1n) is 6.26. The predicted octanol–water partition coefficient (Wildman–Crippen LogP) is 1.58. The first kappa shape index (κ1) is 14.2. The second-order valence-corrected chi connectivity index (χ2v) is 4.66. The molecule has 0 aliphatic carbocycles. The number of aromatic hydroxyl groups is 1. The third-order valence-corrected chi connectivity index (χ3v) is 3.21. The van der Waals surface area contributed by atoms with E-state index in [1.165, 1.54) is 31.2 Å². The molecule has 0 spiro atoms. The molecule has 104 valence electrons.